The van der Waals surface area contributed by atoms with Crippen LogP contribution >= 0.6 is 11.3 Å². The van der Waals surface area contributed by atoms with Crippen molar-refractivity contribution in [3.63, 3.8) is 0 Å². The lowest BCUT2D eigenvalue weighted by atomic mass is 10.1. The molecule has 0 amide bonds. The molecule has 0 spiro atoms. The summed E-state index contributed by atoms with van der Waals surface area (Å²) in [6.45, 7) is 5.40. The number of aromatic nitrogens is 1. The fraction of sp³-hybridized carbons (Fsp3) is 0.357. The highest BCUT2D eigenvalue weighted by atomic mass is 32.2. The summed E-state index contributed by atoms with van der Waals surface area (Å²) in [5, 5.41) is 9.62. The van der Waals surface area contributed by atoms with Crippen molar-refractivity contribution in [2.24, 2.45) is 0 Å². The molecule has 0 fully saturated rings. The molecular weight excluding hydrogens is 308 g/mol. The van der Waals surface area contributed by atoms with Gasteiger partial charge in [0.05, 0.1) is 17.2 Å². The number of rotatable bonds is 5. The van der Waals surface area contributed by atoms with Crippen LogP contribution in [-0.4, -0.2) is 18.5 Å². The first-order valence-corrected chi connectivity index (χ1v) is 8.87. The van der Waals surface area contributed by atoms with Crippen molar-refractivity contribution in [2.75, 3.05) is 4.72 Å². The number of aliphatic hydroxyl groups is 1. The van der Waals surface area contributed by atoms with Gasteiger partial charge in [-0.3, -0.25) is 4.72 Å². The van der Waals surface area contributed by atoms with Gasteiger partial charge in [0.15, 0.2) is 5.13 Å². The molecule has 0 saturated carbocycles. The highest BCUT2D eigenvalue weighted by Crippen LogP contribution is 2.26. The maximum atomic E-state index is 12.5. The van der Waals surface area contributed by atoms with Gasteiger partial charge in [0.2, 0.25) is 0 Å². The Morgan fingerprint density at radius 2 is 2.05 bits per heavy atom. The lowest BCUT2D eigenvalue weighted by molar-refractivity contribution is 0.280. The number of nitrogens with zero attached hydrogens (tertiary/aromatic N) is 1. The zero-order valence-corrected chi connectivity index (χ0v) is 13.8. The predicted molar refractivity (Wildman–Crippen MR) is 84.1 cm³/mol. The Morgan fingerprint density at radius 3 is 2.62 bits per heavy atom. The minimum Gasteiger partial charge on any atom is -0.392 e. The molecule has 7 heteroatoms. The van der Waals surface area contributed by atoms with E-state index in [-0.39, 0.29) is 11.5 Å². The number of anilines is 1. The molecule has 1 heterocycles. The van der Waals surface area contributed by atoms with E-state index in [4.69, 9.17) is 0 Å². The molecular formula is C14H18N2O3S2. The highest BCUT2D eigenvalue weighted by Gasteiger charge is 2.20. The summed E-state index contributed by atoms with van der Waals surface area (Å²) < 4.78 is 27.5. The van der Waals surface area contributed by atoms with Crippen LogP contribution in [0.15, 0.2) is 23.1 Å². The van der Waals surface area contributed by atoms with Crippen molar-refractivity contribution in [1.82, 2.24) is 4.98 Å². The Morgan fingerprint density at radius 1 is 1.33 bits per heavy atom. The van der Waals surface area contributed by atoms with Gasteiger partial charge in [-0.2, -0.15) is 0 Å². The van der Waals surface area contributed by atoms with Crippen LogP contribution < -0.4 is 4.72 Å². The van der Waals surface area contributed by atoms with E-state index in [2.05, 4.69) is 9.71 Å². The first-order valence-electron chi connectivity index (χ1n) is 6.57. The van der Waals surface area contributed by atoms with E-state index < -0.39 is 10.0 Å². The van der Waals surface area contributed by atoms with Crippen LogP contribution in [0, 0.1) is 13.8 Å². The zero-order valence-electron chi connectivity index (χ0n) is 12.2. The summed E-state index contributed by atoms with van der Waals surface area (Å²) >= 11 is 1.33. The van der Waals surface area contributed by atoms with Crippen LogP contribution in [0.3, 0.4) is 0 Å². The minimum atomic E-state index is -3.70. The summed E-state index contributed by atoms with van der Waals surface area (Å²) in [7, 11) is -3.70. The lowest BCUT2D eigenvalue weighted by Gasteiger charge is -2.10. The Hall–Kier alpha value is -1.44. The Bertz CT molecular complexity index is 752. The molecule has 2 N–H and O–H groups in total. The summed E-state index contributed by atoms with van der Waals surface area (Å²) in [5.41, 5.74) is 2.05. The van der Waals surface area contributed by atoms with Crippen molar-refractivity contribution < 1.29 is 13.5 Å². The molecule has 0 atom stereocenters. The van der Waals surface area contributed by atoms with E-state index >= 15 is 0 Å². The van der Waals surface area contributed by atoms with E-state index in [1.54, 1.807) is 19.1 Å². The highest BCUT2D eigenvalue weighted by molar-refractivity contribution is 7.93. The number of thiazole rings is 1. The van der Waals surface area contributed by atoms with Crippen molar-refractivity contribution in [2.45, 2.75) is 38.7 Å². The SMILES string of the molecule is CCc1nc(NS(=O)(=O)c2cccc(CO)c2C)sc1C. The molecule has 0 aliphatic carbocycles. The standard InChI is InChI=1S/C14H18N2O3S2/c1-4-12-10(3)20-14(15-12)16-21(18,19)13-7-5-6-11(8-17)9(13)2/h5-7,17H,4,8H2,1-3H3,(H,15,16). The zero-order chi connectivity index (χ0) is 15.6. The van der Waals surface area contributed by atoms with Gasteiger partial charge in [0.25, 0.3) is 10.0 Å². The van der Waals surface area contributed by atoms with E-state index in [1.807, 2.05) is 13.8 Å². The van der Waals surface area contributed by atoms with Crippen molar-refractivity contribution in [1.29, 1.82) is 0 Å². The molecule has 2 aromatic rings. The molecule has 5 nitrogen and oxygen atoms in total. The lowest BCUT2D eigenvalue weighted by Crippen LogP contribution is -2.15. The number of aliphatic hydroxyl groups excluding tert-OH is 1. The maximum Gasteiger partial charge on any atom is 0.263 e. The molecule has 1 aromatic carbocycles. The molecule has 0 bridgehead atoms. The van der Waals surface area contributed by atoms with Crippen LogP contribution in [-0.2, 0) is 23.1 Å². The molecule has 0 aliphatic rings. The summed E-state index contributed by atoms with van der Waals surface area (Å²) in [4.78, 5) is 5.47. The first kappa shape index (κ1) is 15.9. The number of sulfonamides is 1. The Kier molecular flexibility index (Phi) is 4.65. The van der Waals surface area contributed by atoms with Crippen molar-refractivity contribution >= 4 is 26.5 Å². The fourth-order valence-electron chi connectivity index (χ4n) is 2.09. The van der Waals surface area contributed by atoms with E-state index in [0.717, 1.165) is 17.0 Å². The number of hydrogen-bond acceptors (Lipinski definition) is 5. The fourth-order valence-corrected chi connectivity index (χ4v) is 4.52. The van der Waals surface area contributed by atoms with Crippen LogP contribution in [0.1, 0.15) is 28.6 Å². The summed E-state index contributed by atoms with van der Waals surface area (Å²) in [6, 6.07) is 4.85. The third-order valence-electron chi connectivity index (χ3n) is 3.31. The average molecular weight is 326 g/mol. The molecule has 0 radical (unpaired) electrons. The minimum absolute atomic E-state index is 0.167. The van der Waals surface area contributed by atoms with Gasteiger partial charge in [-0.25, -0.2) is 13.4 Å². The molecule has 21 heavy (non-hydrogen) atoms. The van der Waals surface area contributed by atoms with Gasteiger partial charge in [0.1, 0.15) is 0 Å². The Labute approximate surface area is 128 Å². The van der Waals surface area contributed by atoms with Crippen molar-refractivity contribution in [3.8, 4) is 0 Å². The molecule has 0 unspecified atom stereocenters. The second-order valence-corrected chi connectivity index (χ2v) is 7.53. The van der Waals surface area contributed by atoms with E-state index in [1.165, 1.54) is 17.4 Å². The van der Waals surface area contributed by atoms with Crippen LogP contribution in [0.2, 0.25) is 0 Å². The second-order valence-electron chi connectivity index (χ2n) is 4.68. The topological polar surface area (TPSA) is 79.3 Å². The van der Waals surface area contributed by atoms with Crippen LogP contribution in [0.5, 0.6) is 0 Å². The largest absolute Gasteiger partial charge is 0.392 e. The van der Waals surface area contributed by atoms with Gasteiger partial charge < -0.3 is 5.11 Å². The molecule has 1 aromatic heterocycles. The third kappa shape index (κ3) is 3.25. The van der Waals surface area contributed by atoms with Gasteiger partial charge >= 0.3 is 0 Å². The van der Waals surface area contributed by atoms with Crippen molar-refractivity contribution in [3.05, 3.63) is 39.9 Å². The number of nitrogens with one attached hydrogen (secondary N) is 1. The number of benzene rings is 1. The molecule has 0 aliphatic heterocycles. The maximum absolute atomic E-state index is 12.5. The number of hydrogen-bond donors (Lipinski definition) is 2. The summed E-state index contributed by atoms with van der Waals surface area (Å²) in [6.07, 6.45) is 0.767. The quantitative estimate of drug-likeness (QED) is 0.885. The number of aryl methyl sites for hydroxylation is 2. The van der Waals surface area contributed by atoms with Gasteiger partial charge in [-0.15, -0.1) is 11.3 Å². The van der Waals surface area contributed by atoms with E-state index in [0.29, 0.717) is 16.3 Å². The molecule has 0 saturated heterocycles. The predicted octanol–water partition coefficient (Wildman–Crippen LogP) is 2.62. The van der Waals surface area contributed by atoms with Gasteiger partial charge in [0, 0.05) is 4.88 Å². The monoisotopic (exact) mass is 326 g/mol. The average Bonchev–Trinajstić information content (AvgIpc) is 2.77. The smallest absolute Gasteiger partial charge is 0.263 e. The van der Waals surface area contributed by atoms with Crippen LogP contribution in [0.4, 0.5) is 5.13 Å². The van der Waals surface area contributed by atoms with Gasteiger partial charge in [-0.05, 0) is 37.5 Å². The molecule has 2 rings (SSSR count). The van der Waals surface area contributed by atoms with E-state index in [9.17, 15) is 13.5 Å². The van der Waals surface area contributed by atoms with Crippen LogP contribution in [0.25, 0.3) is 0 Å². The van der Waals surface area contributed by atoms with Gasteiger partial charge in [-0.1, -0.05) is 19.1 Å². The molecule has 114 valence electrons. The normalized spacial score (nSPS) is 11.6. The second kappa shape index (κ2) is 6.13. The third-order valence-corrected chi connectivity index (χ3v) is 5.85. The summed E-state index contributed by atoms with van der Waals surface area (Å²) in [5.74, 6) is 0. The first-order chi connectivity index (χ1) is 9.89. The Balaban J connectivity index is 2.38.